The van der Waals surface area contributed by atoms with Crippen molar-refractivity contribution in [3.63, 3.8) is 0 Å². The van der Waals surface area contributed by atoms with Gasteiger partial charge >= 0.3 is 0 Å². The van der Waals surface area contributed by atoms with E-state index in [4.69, 9.17) is 0 Å². The highest BCUT2D eigenvalue weighted by Gasteiger charge is 2.09. The summed E-state index contributed by atoms with van der Waals surface area (Å²) >= 11 is 1.71. The number of fused-ring (bicyclic) bond motifs is 1. The van der Waals surface area contributed by atoms with E-state index in [0.717, 1.165) is 22.8 Å². The Morgan fingerprint density at radius 3 is 2.63 bits per heavy atom. The second-order valence-electron chi connectivity index (χ2n) is 4.53. The van der Waals surface area contributed by atoms with Gasteiger partial charge in [-0.25, -0.2) is 0 Å². The van der Waals surface area contributed by atoms with Crippen LogP contribution in [0.15, 0.2) is 60.0 Å². The molecule has 0 aliphatic carbocycles. The highest BCUT2D eigenvalue weighted by molar-refractivity contribution is 7.09. The number of carbonyl (C=O) groups is 1. The van der Waals surface area contributed by atoms with Crippen LogP contribution >= 0.6 is 11.3 Å². The monoisotopic (exact) mass is 266 g/mol. The van der Waals surface area contributed by atoms with Crippen LogP contribution < -0.4 is 0 Å². The third kappa shape index (κ3) is 2.59. The molecular formula is C17H14OS. The van der Waals surface area contributed by atoms with Gasteiger partial charge in [0.15, 0.2) is 5.78 Å². The van der Waals surface area contributed by atoms with Crippen LogP contribution in [0.1, 0.15) is 21.7 Å². The van der Waals surface area contributed by atoms with Gasteiger partial charge in [0.2, 0.25) is 0 Å². The fourth-order valence-corrected chi connectivity index (χ4v) is 3.00. The zero-order valence-corrected chi connectivity index (χ0v) is 11.3. The van der Waals surface area contributed by atoms with Gasteiger partial charge in [-0.2, -0.15) is 0 Å². The third-order valence-electron chi connectivity index (χ3n) is 3.27. The van der Waals surface area contributed by atoms with Crippen LogP contribution in [0.3, 0.4) is 0 Å². The van der Waals surface area contributed by atoms with Crippen molar-refractivity contribution in [2.45, 2.75) is 12.8 Å². The van der Waals surface area contributed by atoms with Crippen molar-refractivity contribution in [2.75, 3.05) is 0 Å². The number of thiophene rings is 1. The number of carbonyl (C=O) groups excluding carboxylic acids is 1. The van der Waals surface area contributed by atoms with Gasteiger partial charge in [0.25, 0.3) is 0 Å². The van der Waals surface area contributed by atoms with Crippen molar-refractivity contribution in [1.82, 2.24) is 0 Å². The Kier molecular flexibility index (Phi) is 3.43. The number of ketones is 1. The minimum absolute atomic E-state index is 0.227. The van der Waals surface area contributed by atoms with E-state index in [1.807, 2.05) is 48.5 Å². The standard InChI is InChI=1S/C17H14OS/c18-17(11-10-14-7-4-12-19-14)16-9-3-6-13-5-1-2-8-15(13)16/h1-9,12H,10-11H2. The molecular weight excluding hydrogens is 252 g/mol. The molecule has 1 heterocycles. The first-order valence-electron chi connectivity index (χ1n) is 6.38. The molecule has 0 aliphatic rings. The van der Waals surface area contributed by atoms with Crippen molar-refractivity contribution >= 4 is 27.9 Å². The van der Waals surface area contributed by atoms with Crippen molar-refractivity contribution in [2.24, 2.45) is 0 Å². The topological polar surface area (TPSA) is 17.1 Å². The van der Waals surface area contributed by atoms with Gasteiger partial charge in [-0.3, -0.25) is 4.79 Å². The Morgan fingerprint density at radius 2 is 1.79 bits per heavy atom. The zero-order chi connectivity index (χ0) is 13.1. The van der Waals surface area contributed by atoms with Gasteiger partial charge in [0, 0.05) is 16.9 Å². The molecule has 1 aromatic heterocycles. The summed E-state index contributed by atoms with van der Waals surface area (Å²) in [5, 5.41) is 4.24. The van der Waals surface area contributed by atoms with Crippen LogP contribution in [0.4, 0.5) is 0 Å². The number of aryl methyl sites for hydroxylation is 1. The molecule has 0 saturated carbocycles. The van der Waals surface area contributed by atoms with Crippen molar-refractivity contribution < 1.29 is 4.79 Å². The number of hydrogen-bond donors (Lipinski definition) is 0. The van der Waals surface area contributed by atoms with Gasteiger partial charge in [0.1, 0.15) is 0 Å². The van der Waals surface area contributed by atoms with E-state index in [0.29, 0.717) is 6.42 Å². The normalized spacial score (nSPS) is 10.7. The molecule has 94 valence electrons. The van der Waals surface area contributed by atoms with Crippen LogP contribution in [0.2, 0.25) is 0 Å². The predicted octanol–water partition coefficient (Wildman–Crippen LogP) is 4.72. The molecule has 0 amide bonds. The van der Waals surface area contributed by atoms with E-state index < -0.39 is 0 Å². The fourth-order valence-electron chi connectivity index (χ4n) is 2.29. The number of hydrogen-bond acceptors (Lipinski definition) is 2. The highest BCUT2D eigenvalue weighted by Crippen LogP contribution is 2.21. The number of benzene rings is 2. The zero-order valence-electron chi connectivity index (χ0n) is 10.5. The Hall–Kier alpha value is -1.93. The first-order valence-corrected chi connectivity index (χ1v) is 7.26. The lowest BCUT2D eigenvalue weighted by Crippen LogP contribution is -2.01. The summed E-state index contributed by atoms with van der Waals surface area (Å²) in [7, 11) is 0. The molecule has 3 aromatic rings. The third-order valence-corrected chi connectivity index (χ3v) is 4.20. The average molecular weight is 266 g/mol. The first-order chi connectivity index (χ1) is 9.34. The fraction of sp³-hybridized carbons (Fsp3) is 0.118. The summed E-state index contributed by atoms with van der Waals surface area (Å²) in [5.41, 5.74) is 0.842. The largest absolute Gasteiger partial charge is 0.294 e. The quantitative estimate of drug-likeness (QED) is 0.625. The van der Waals surface area contributed by atoms with E-state index in [-0.39, 0.29) is 5.78 Å². The van der Waals surface area contributed by atoms with Crippen molar-refractivity contribution in [3.8, 4) is 0 Å². The lowest BCUT2D eigenvalue weighted by atomic mass is 9.99. The SMILES string of the molecule is O=C(CCc1cccs1)c1cccc2ccccc12. The van der Waals surface area contributed by atoms with Crippen LogP contribution in [-0.4, -0.2) is 5.78 Å². The molecule has 0 saturated heterocycles. The maximum Gasteiger partial charge on any atom is 0.163 e. The molecule has 0 atom stereocenters. The lowest BCUT2D eigenvalue weighted by Gasteiger charge is -2.05. The van der Waals surface area contributed by atoms with Gasteiger partial charge < -0.3 is 0 Å². The molecule has 0 aliphatic heterocycles. The maximum atomic E-state index is 12.4. The van der Waals surface area contributed by atoms with Gasteiger partial charge in [-0.05, 0) is 28.6 Å². The molecule has 2 aromatic carbocycles. The first kappa shape index (κ1) is 12.1. The van der Waals surface area contributed by atoms with E-state index in [2.05, 4.69) is 11.4 Å². The van der Waals surface area contributed by atoms with E-state index in [9.17, 15) is 4.79 Å². The molecule has 1 nitrogen and oxygen atoms in total. The molecule has 0 N–H and O–H groups in total. The Bertz CT molecular complexity index is 693. The molecule has 0 spiro atoms. The summed E-state index contributed by atoms with van der Waals surface area (Å²) in [6.07, 6.45) is 1.41. The summed E-state index contributed by atoms with van der Waals surface area (Å²) in [4.78, 5) is 13.6. The second-order valence-corrected chi connectivity index (χ2v) is 5.56. The van der Waals surface area contributed by atoms with Gasteiger partial charge in [-0.1, -0.05) is 48.5 Å². The Morgan fingerprint density at radius 1 is 0.947 bits per heavy atom. The van der Waals surface area contributed by atoms with Gasteiger partial charge in [-0.15, -0.1) is 11.3 Å². The summed E-state index contributed by atoms with van der Waals surface area (Å²) in [6, 6.07) is 18.1. The van der Waals surface area contributed by atoms with Crippen LogP contribution in [-0.2, 0) is 6.42 Å². The predicted molar refractivity (Wildman–Crippen MR) is 80.9 cm³/mol. The van der Waals surface area contributed by atoms with E-state index in [1.165, 1.54) is 4.88 Å². The van der Waals surface area contributed by atoms with Crippen LogP contribution in [0.5, 0.6) is 0 Å². The maximum absolute atomic E-state index is 12.4. The summed E-state index contributed by atoms with van der Waals surface area (Å²) in [5.74, 6) is 0.227. The molecule has 0 unspecified atom stereocenters. The molecule has 3 rings (SSSR count). The lowest BCUT2D eigenvalue weighted by molar-refractivity contribution is 0.0984. The smallest absolute Gasteiger partial charge is 0.163 e. The second kappa shape index (κ2) is 5.37. The molecule has 0 radical (unpaired) electrons. The summed E-state index contributed by atoms with van der Waals surface area (Å²) in [6.45, 7) is 0. The Labute approximate surface area is 116 Å². The minimum atomic E-state index is 0.227. The number of Topliss-reactive ketones (excluding diaryl/α,β-unsaturated/α-hetero) is 1. The Balaban J connectivity index is 1.85. The van der Waals surface area contributed by atoms with Crippen LogP contribution in [0.25, 0.3) is 10.8 Å². The van der Waals surface area contributed by atoms with Crippen molar-refractivity contribution in [1.29, 1.82) is 0 Å². The van der Waals surface area contributed by atoms with Gasteiger partial charge in [0.05, 0.1) is 0 Å². The van der Waals surface area contributed by atoms with Crippen LogP contribution in [0, 0.1) is 0 Å². The minimum Gasteiger partial charge on any atom is -0.294 e. The molecule has 0 fully saturated rings. The van der Waals surface area contributed by atoms with E-state index in [1.54, 1.807) is 11.3 Å². The summed E-state index contributed by atoms with van der Waals surface area (Å²) < 4.78 is 0. The number of rotatable bonds is 4. The molecule has 2 heteroatoms. The average Bonchev–Trinajstić information content (AvgIpc) is 2.97. The molecule has 19 heavy (non-hydrogen) atoms. The van der Waals surface area contributed by atoms with Crippen molar-refractivity contribution in [3.05, 3.63) is 70.4 Å². The highest BCUT2D eigenvalue weighted by atomic mass is 32.1. The van der Waals surface area contributed by atoms with E-state index >= 15 is 0 Å². The molecule has 0 bridgehead atoms.